The SMILES string of the molecule is c1ccc2c(c1)sc1ccc3c(c4ccccc4c4nccn34)c12. The minimum Gasteiger partial charge on any atom is -0.299 e. The largest absolute Gasteiger partial charge is 0.299 e. The molecule has 0 amide bonds. The van der Waals surface area contributed by atoms with E-state index in [0.29, 0.717) is 0 Å². The molecular weight excluding hydrogens is 312 g/mol. The number of hydrogen-bond acceptors (Lipinski definition) is 2. The van der Waals surface area contributed by atoms with Gasteiger partial charge in [0, 0.05) is 43.3 Å². The number of aromatic nitrogens is 2. The first-order valence-electron chi connectivity index (χ1n) is 7.99. The molecule has 6 aromatic rings. The van der Waals surface area contributed by atoms with Gasteiger partial charge in [0.2, 0.25) is 0 Å². The fourth-order valence-corrected chi connectivity index (χ4v) is 4.99. The van der Waals surface area contributed by atoms with Crippen molar-refractivity contribution in [1.29, 1.82) is 0 Å². The molecule has 0 spiro atoms. The summed E-state index contributed by atoms with van der Waals surface area (Å²) in [6, 6.07) is 21.8. The van der Waals surface area contributed by atoms with Crippen molar-refractivity contribution in [3.8, 4) is 0 Å². The minimum atomic E-state index is 1.02. The summed E-state index contributed by atoms with van der Waals surface area (Å²) < 4.78 is 4.90. The Morgan fingerprint density at radius 2 is 1.50 bits per heavy atom. The zero-order chi connectivity index (χ0) is 15.7. The maximum atomic E-state index is 4.59. The van der Waals surface area contributed by atoms with Crippen molar-refractivity contribution in [2.24, 2.45) is 0 Å². The Hall–Kier alpha value is -2.91. The third-order valence-electron chi connectivity index (χ3n) is 4.86. The van der Waals surface area contributed by atoms with Crippen LogP contribution in [0.4, 0.5) is 0 Å². The summed E-state index contributed by atoms with van der Waals surface area (Å²) in [4.78, 5) is 4.59. The van der Waals surface area contributed by atoms with Crippen LogP contribution in [0.2, 0.25) is 0 Å². The number of thiophene rings is 1. The van der Waals surface area contributed by atoms with Gasteiger partial charge in [-0.05, 0) is 23.6 Å². The fraction of sp³-hybridized carbons (Fsp3) is 0. The van der Waals surface area contributed by atoms with Crippen molar-refractivity contribution in [1.82, 2.24) is 9.38 Å². The Kier molecular flexibility index (Phi) is 2.26. The summed E-state index contributed by atoms with van der Waals surface area (Å²) in [5, 5.41) is 6.51. The molecule has 0 aliphatic carbocycles. The van der Waals surface area contributed by atoms with Gasteiger partial charge in [-0.3, -0.25) is 4.40 Å². The molecule has 0 bridgehead atoms. The van der Waals surface area contributed by atoms with Gasteiger partial charge in [-0.25, -0.2) is 4.98 Å². The molecule has 0 saturated heterocycles. The van der Waals surface area contributed by atoms with Gasteiger partial charge in [0.1, 0.15) is 5.65 Å². The topological polar surface area (TPSA) is 17.3 Å². The van der Waals surface area contributed by atoms with Crippen molar-refractivity contribution in [3.05, 3.63) is 73.1 Å². The predicted octanol–water partition coefficient (Wildman–Crippen LogP) is 6.01. The van der Waals surface area contributed by atoms with E-state index >= 15 is 0 Å². The lowest BCUT2D eigenvalue weighted by Gasteiger charge is -2.09. The predicted molar refractivity (Wildman–Crippen MR) is 103 cm³/mol. The Balaban J connectivity index is 2.07. The molecule has 0 N–H and O–H groups in total. The summed E-state index contributed by atoms with van der Waals surface area (Å²) >= 11 is 1.87. The molecule has 2 nitrogen and oxygen atoms in total. The van der Waals surface area contributed by atoms with Crippen LogP contribution in [-0.4, -0.2) is 9.38 Å². The lowest BCUT2D eigenvalue weighted by molar-refractivity contribution is 1.27. The van der Waals surface area contributed by atoms with Crippen molar-refractivity contribution >= 4 is 58.8 Å². The maximum Gasteiger partial charge on any atom is 0.145 e. The molecule has 3 aromatic heterocycles. The molecule has 3 heterocycles. The number of imidazole rings is 1. The third kappa shape index (κ3) is 1.43. The number of fused-ring (bicyclic) bond motifs is 10. The van der Waals surface area contributed by atoms with E-state index in [-0.39, 0.29) is 0 Å². The maximum absolute atomic E-state index is 4.59. The number of pyridine rings is 1. The van der Waals surface area contributed by atoms with E-state index in [9.17, 15) is 0 Å². The molecule has 112 valence electrons. The van der Waals surface area contributed by atoms with E-state index in [2.05, 4.69) is 76.2 Å². The van der Waals surface area contributed by atoms with Crippen LogP contribution >= 0.6 is 11.3 Å². The molecule has 0 unspecified atom stereocenters. The zero-order valence-electron chi connectivity index (χ0n) is 12.7. The summed E-state index contributed by atoms with van der Waals surface area (Å²) in [7, 11) is 0. The standard InChI is InChI=1S/C21H12N2S/c1-2-6-14-13(5-1)19-16(23-12-11-22-21(14)23)9-10-18-20(19)15-7-3-4-8-17(15)24-18/h1-12H. The Morgan fingerprint density at radius 1 is 0.708 bits per heavy atom. The van der Waals surface area contributed by atoms with E-state index in [4.69, 9.17) is 0 Å². The third-order valence-corrected chi connectivity index (χ3v) is 6.00. The van der Waals surface area contributed by atoms with E-state index in [1.54, 1.807) is 0 Å². The Morgan fingerprint density at radius 3 is 2.42 bits per heavy atom. The second-order valence-corrected chi connectivity index (χ2v) is 7.18. The second kappa shape index (κ2) is 4.34. The molecule has 6 rings (SSSR count). The van der Waals surface area contributed by atoms with Crippen LogP contribution in [0.25, 0.3) is 47.5 Å². The first kappa shape index (κ1) is 12.5. The van der Waals surface area contributed by atoms with Crippen LogP contribution < -0.4 is 0 Å². The lowest BCUT2D eigenvalue weighted by atomic mass is 10.0. The van der Waals surface area contributed by atoms with E-state index in [1.807, 2.05) is 17.5 Å². The molecular formula is C21H12N2S. The minimum absolute atomic E-state index is 1.02. The lowest BCUT2D eigenvalue weighted by Crippen LogP contribution is -1.90. The molecule has 0 radical (unpaired) electrons. The van der Waals surface area contributed by atoms with Gasteiger partial charge in [-0.2, -0.15) is 0 Å². The monoisotopic (exact) mass is 324 g/mol. The highest BCUT2D eigenvalue weighted by molar-refractivity contribution is 7.26. The van der Waals surface area contributed by atoms with Gasteiger partial charge in [0.15, 0.2) is 0 Å². The van der Waals surface area contributed by atoms with Crippen LogP contribution in [-0.2, 0) is 0 Å². The van der Waals surface area contributed by atoms with E-state index in [0.717, 1.165) is 5.65 Å². The highest BCUT2D eigenvalue weighted by Crippen LogP contribution is 2.41. The van der Waals surface area contributed by atoms with Crippen LogP contribution in [0.5, 0.6) is 0 Å². The molecule has 0 aliphatic rings. The van der Waals surface area contributed by atoms with E-state index < -0.39 is 0 Å². The molecule has 0 aliphatic heterocycles. The van der Waals surface area contributed by atoms with E-state index in [1.165, 1.54) is 41.8 Å². The zero-order valence-corrected chi connectivity index (χ0v) is 13.5. The normalized spacial score (nSPS) is 12.2. The Labute approximate surface area is 141 Å². The van der Waals surface area contributed by atoms with Crippen molar-refractivity contribution in [2.75, 3.05) is 0 Å². The molecule has 0 fully saturated rings. The molecule has 3 aromatic carbocycles. The number of benzene rings is 3. The van der Waals surface area contributed by atoms with Gasteiger partial charge in [-0.1, -0.05) is 42.5 Å². The van der Waals surface area contributed by atoms with Gasteiger partial charge in [0.05, 0.1) is 5.52 Å². The average Bonchev–Trinajstić information content (AvgIpc) is 3.26. The summed E-state index contributed by atoms with van der Waals surface area (Å²) in [6.45, 7) is 0. The number of rotatable bonds is 0. The first-order chi connectivity index (χ1) is 11.9. The first-order valence-corrected chi connectivity index (χ1v) is 8.81. The smallest absolute Gasteiger partial charge is 0.145 e. The van der Waals surface area contributed by atoms with Crippen molar-refractivity contribution in [2.45, 2.75) is 0 Å². The molecule has 0 atom stereocenters. The average molecular weight is 324 g/mol. The van der Waals surface area contributed by atoms with Crippen molar-refractivity contribution in [3.63, 3.8) is 0 Å². The summed E-state index contributed by atoms with van der Waals surface area (Å²) in [5.41, 5.74) is 2.24. The fourth-order valence-electron chi connectivity index (χ4n) is 3.87. The molecule has 24 heavy (non-hydrogen) atoms. The van der Waals surface area contributed by atoms with Gasteiger partial charge in [0.25, 0.3) is 0 Å². The van der Waals surface area contributed by atoms with Crippen molar-refractivity contribution < 1.29 is 0 Å². The quantitative estimate of drug-likeness (QED) is 0.313. The Bertz CT molecular complexity index is 1410. The number of hydrogen-bond donors (Lipinski definition) is 0. The van der Waals surface area contributed by atoms with Crippen LogP contribution in [0.1, 0.15) is 0 Å². The highest BCUT2D eigenvalue weighted by atomic mass is 32.1. The molecule has 3 heteroatoms. The highest BCUT2D eigenvalue weighted by Gasteiger charge is 2.14. The second-order valence-electron chi connectivity index (χ2n) is 6.10. The van der Waals surface area contributed by atoms with Crippen LogP contribution in [0.3, 0.4) is 0 Å². The van der Waals surface area contributed by atoms with Gasteiger partial charge >= 0.3 is 0 Å². The molecule has 0 saturated carbocycles. The van der Waals surface area contributed by atoms with Gasteiger partial charge < -0.3 is 0 Å². The van der Waals surface area contributed by atoms with Crippen LogP contribution in [0, 0.1) is 0 Å². The summed E-state index contributed by atoms with van der Waals surface area (Å²) in [6.07, 6.45) is 3.95. The summed E-state index contributed by atoms with van der Waals surface area (Å²) in [5.74, 6) is 0. The van der Waals surface area contributed by atoms with Crippen LogP contribution in [0.15, 0.2) is 73.1 Å². The number of nitrogens with zero attached hydrogens (tertiary/aromatic N) is 2. The van der Waals surface area contributed by atoms with Gasteiger partial charge in [-0.15, -0.1) is 11.3 Å².